The fraction of sp³-hybridized carbons (Fsp3) is 0.167. The topological polar surface area (TPSA) is 112 Å². The van der Waals surface area contributed by atoms with Crippen LogP contribution >= 0.6 is 0 Å². The third-order valence-electron chi connectivity index (χ3n) is 3.63. The third-order valence-corrected chi connectivity index (χ3v) is 3.63. The largest absolute Gasteiger partial charge is 0.487 e. The molecule has 138 valence electrons. The molecule has 0 aliphatic rings. The number of carbonyl (C=O) groups excluding carboxylic acids is 1. The Bertz CT molecular complexity index is 952. The molecule has 0 aliphatic carbocycles. The fourth-order valence-electron chi connectivity index (χ4n) is 2.37. The second-order valence-electron chi connectivity index (χ2n) is 5.86. The summed E-state index contributed by atoms with van der Waals surface area (Å²) in [5.41, 5.74) is 2.31. The SMILES string of the molecule is Cc1cccc(NC(=O)Cn2cc(COc3ccc([N+](=O)[O-])cc3)nn2)c1. The van der Waals surface area contributed by atoms with Crippen molar-refractivity contribution in [2.75, 3.05) is 5.32 Å². The van der Waals surface area contributed by atoms with Gasteiger partial charge in [-0.3, -0.25) is 14.9 Å². The molecular formula is C18H17N5O4. The van der Waals surface area contributed by atoms with Crippen LogP contribution in [0.1, 0.15) is 11.3 Å². The van der Waals surface area contributed by atoms with Gasteiger partial charge in [0.15, 0.2) is 0 Å². The molecule has 0 bridgehead atoms. The van der Waals surface area contributed by atoms with E-state index in [0.29, 0.717) is 11.4 Å². The van der Waals surface area contributed by atoms with E-state index < -0.39 is 4.92 Å². The first kappa shape index (κ1) is 18.1. The maximum atomic E-state index is 12.1. The minimum absolute atomic E-state index is 0.00656. The number of hydrogen-bond donors (Lipinski definition) is 1. The molecule has 0 atom stereocenters. The summed E-state index contributed by atoms with van der Waals surface area (Å²) >= 11 is 0. The van der Waals surface area contributed by atoms with E-state index in [1.807, 2.05) is 31.2 Å². The predicted molar refractivity (Wildman–Crippen MR) is 97.3 cm³/mol. The summed E-state index contributed by atoms with van der Waals surface area (Å²) in [6.45, 7) is 2.11. The summed E-state index contributed by atoms with van der Waals surface area (Å²) in [6, 6.07) is 13.3. The number of hydrogen-bond acceptors (Lipinski definition) is 6. The molecule has 0 unspecified atom stereocenters. The number of carbonyl (C=O) groups is 1. The molecular weight excluding hydrogens is 350 g/mol. The number of nitro benzene ring substituents is 1. The molecule has 0 saturated heterocycles. The average molecular weight is 367 g/mol. The van der Waals surface area contributed by atoms with Crippen molar-refractivity contribution in [3.05, 3.63) is 76.1 Å². The lowest BCUT2D eigenvalue weighted by atomic mass is 10.2. The molecule has 0 aliphatic heterocycles. The zero-order chi connectivity index (χ0) is 19.2. The van der Waals surface area contributed by atoms with Crippen molar-refractivity contribution in [1.82, 2.24) is 15.0 Å². The van der Waals surface area contributed by atoms with Crippen molar-refractivity contribution in [3.8, 4) is 5.75 Å². The van der Waals surface area contributed by atoms with Crippen LogP contribution in [0.4, 0.5) is 11.4 Å². The van der Waals surface area contributed by atoms with Crippen LogP contribution in [0.3, 0.4) is 0 Å². The van der Waals surface area contributed by atoms with Gasteiger partial charge >= 0.3 is 0 Å². The number of aryl methyl sites for hydroxylation is 1. The number of nitrogens with zero attached hydrogens (tertiary/aromatic N) is 4. The molecule has 2 aromatic carbocycles. The van der Waals surface area contributed by atoms with Gasteiger partial charge in [0.2, 0.25) is 5.91 Å². The van der Waals surface area contributed by atoms with Crippen molar-refractivity contribution >= 4 is 17.3 Å². The molecule has 0 spiro atoms. The second-order valence-corrected chi connectivity index (χ2v) is 5.86. The van der Waals surface area contributed by atoms with E-state index in [-0.39, 0.29) is 24.7 Å². The first-order valence-electron chi connectivity index (χ1n) is 8.12. The van der Waals surface area contributed by atoms with E-state index in [1.165, 1.54) is 28.9 Å². The molecule has 1 amide bonds. The van der Waals surface area contributed by atoms with E-state index in [1.54, 1.807) is 6.20 Å². The first-order chi connectivity index (χ1) is 13.0. The van der Waals surface area contributed by atoms with E-state index in [2.05, 4.69) is 15.6 Å². The molecule has 1 aromatic heterocycles. The van der Waals surface area contributed by atoms with Gasteiger partial charge in [0.1, 0.15) is 24.6 Å². The molecule has 3 aromatic rings. The van der Waals surface area contributed by atoms with Gasteiger partial charge in [-0.05, 0) is 36.8 Å². The van der Waals surface area contributed by atoms with Crippen LogP contribution in [0.2, 0.25) is 0 Å². The van der Waals surface area contributed by atoms with E-state index in [0.717, 1.165) is 11.3 Å². The molecule has 3 rings (SSSR count). The Morgan fingerprint density at radius 1 is 1.26 bits per heavy atom. The quantitative estimate of drug-likeness (QED) is 0.507. The van der Waals surface area contributed by atoms with Crippen molar-refractivity contribution in [2.24, 2.45) is 0 Å². The Morgan fingerprint density at radius 2 is 2.04 bits per heavy atom. The number of nitro groups is 1. The van der Waals surface area contributed by atoms with E-state index in [9.17, 15) is 14.9 Å². The van der Waals surface area contributed by atoms with Gasteiger partial charge < -0.3 is 10.1 Å². The van der Waals surface area contributed by atoms with Crippen molar-refractivity contribution in [1.29, 1.82) is 0 Å². The Morgan fingerprint density at radius 3 is 2.74 bits per heavy atom. The van der Waals surface area contributed by atoms with Gasteiger partial charge in [-0.25, -0.2) is 4.68 Å². The summed E-state index contributed by atoms with van der Waals surface area (Å²) < 4.78 is 6.93. The van der Waals surface area contributed by atoms with Crippen LogP contribution in [-0.2, 0) is 17.9 Å². The standard InChI is InChI=1S/C18H17N5O4/c1-13-3-2-4-14(9-13)19-18(24)11-22-10-15(20-21-22)12-27-17-7-5-16(6-8-17)23(25)26/h2-10H,11-12H2,1H3,(H,19,24). The first-order valence-corrected chi connectivity index (χ1v) is 8.12. The Kier molecular flexibility index (Phi) is 5.41. The van der Waals surface area contributed by atoms with Crippen LogP contribution in [0.15, 0.2) is 54.7 Å². The zero-order valence-electron chi connectivity index (χ0n) is 14.5. The number of anilines is 1. The second kappa shape index (κ2) is 8.09. The van der Waals surface area contributed by atoms with Crippen molar-refractivity contribution < 1.29 is 14.5 Å². The summed E-state index contributed by atoms with van der Waals surface area (Å²) in [4.78, 5) is 22.2. The molecule has 9 heteroatoms. The molecule has 0 fully saturated rings. The molecule has 1 N–H and O–H groups in total. The minimum Gasteiger partial charge on any atom is -0.487 e. The fourth-order valence-corrected chi connectivity index (χ4v) is 2.37. The number of non-ortho nitro benzene ring substituents is 1. The Labute approximate surface area is 154 Å². The number of nitrogens with one attached hydrogen (secondary N) is 1. The van der Waals surface area contributed by atoms with Crippen LogP contribution in [0.25, 0.3) is 0 Å². The minimum atomic E-state index is -0.475. The smallest absolute Gasteiger partial charge is 0.269 e. The van der Waals surface area contributed by atoms with Crippen molar-refractivity contribution in [3.63, 3.8) is 0 Å². The van der Waals surface area contributed by atoms with Crippen LogP contribution < -0.4 is 10.1 Å². The van der Waals surface area contributed by atoms with Gasteiger partial charge in [0.25, 0.3) is 5.69 Å². The summed E-state index contributed by atoms with van der Waals surface area (Å²) in [6.07, 6.45) is 1.61. The van der Waals surface area contributed by atoms with Gasteiger partial charge in [-0.15, -0.1) is 5.10 Å². The average Bonchev–Trinajstić information content (AvgIpc) is 3.07. The highest BCUT2D eigenvalue weighted by Gasteiger charge is 2.08. The number of aromatic nitrogens is 3. The Hall–Kier alpha value is -3.75. The maximum Gasteiger partial charge on any atom is 0.269 e. The maximum absolute atomic E-state index is 12.1. The lowest BCUT2D eigenvalue weighted by molar-refractivity contribution is -0.384. The number of rotatable bonds is 7. The number of benzene rings is 2. The van der Waals surface area contributed by atoms with Gasteiger partial charge in [-0.2, -0.15) is 0 Å². The monoisotopic (exact) mass is 367 g/mol. The normalized spacial score (nSPS) is 10.4. The number of amides is 1. The molecule has 1 heterocycles. The summed E-state index contributed by atoms with van der Waals surface area (Å²) in [5.74, 6) is 0.265. The highest BCUT2D eigenvalue weighted by atomic mass is 16.6. The van der Waals surface area contributed by atoms with E-state index in [4.69, 9.17) is 4.74 Å². The van der Waals surface area contributed by atoms with Gasteiger partial charge in [0.05, 0.1) is 11.1 Å². The third kappa shape index (κ3) is 5.11. The molecule has 0 radical (unpaired) electrons. The van der Waals surface area contributed by atoms with Crippen molar-refractivity contribution in [2.45, 2.75) is 20.1 Å². The van der Waals surface area contributed by atoms with Crippen LogP contribution in [-0.4, -0.2) is 25.8 Å². The zero-order valence-corrected chi connectivity index (χ0v) is 14.5. The molecule has 27 heavy (non-hydrogen) atoms. The number of ether oxygens (including phenoxy) is 1. The molecule has 0 saturated carbocycles. The molecule has 9 nitrogen and oxygen atoms in total. The lowest BCUT2D eigenvalue weighted by Crippen LogP contribution is -2.19. The predicted octanol–water partition coefficient (Wildman–Crippen LogP) is 2.71. The van der Waals surface area contributed by atoms with Crippen LogP contribution in [0, 0.1) is 17.0 Å². The lowest BCUT2D eigenvalue weighted by Gasteiger charge is -2.05. The van der Waals surface area contributed by atoms with Crippen LogP contribution in [0.5, 0.6) is 5.75 Å². The summed E-state index contributed by atoms with van der Waals surface area (Å²) in [5, 5.41) is 21.3. The Balaban J connectivity index is 1.52. The highest BCUT2D eigenvalue weighted by molar-refractivity contribution is 5.90. The van der Waals surface area contributed by atoms with Gasteiger partial charge in [-0.1, -0.05) is 17.3 Å². The van der Waals surface area contributed by atoms with E-state index >= 15 is 0 Å². The summed E-state index contributed by atoms with van der Waals surface area (Å²) in [7, 11) is 0. The van der Waals surface area contributed by atoms with Gasteiger partial charge in [0, 0.05) is 17.8 Å². The highest BCUT2D eigenvalue weighted by Crippen LogP contribution is 2.18.